The fourth-order valence-corrected chi connectivity index (χ4v) is 0.534. The number of halogens is 1. The Morgan fingerprint density at radius 2 is 1.44 bits per heavy atom. The van der Waals surface area contributed by atoms with E-state index >= 15 is 0 Å². The summed E-state index contributed by atoms with van der Waals surface area (Å²) in [6, 6.07) is 10.3. The molecule has 0 aromatic heterocycles. The van der Waals surface area contributed by atoms with E-state index in [9.17, 15) is 0 Å². The molecule has 0 nitrogen and oxygen atoms in total. The molecule has 0 radical (unpaired) electrons. The van der Waals surface area contributed by atoms with Gasteiger partial charge in [0, 0.05) is 0 Å². The zero-order valence-corrected chi connectivity index (χ0v) is 7.35. The Hall–Kier alpha value is 0.895. The molecule has 0 saturated carbocycles. The molecule has 1 rings (SSSR count). The summed E-state index contributed by atoms with van der Waals surface area (Å²) in [6.07, 6.45) is 0. The third kappa shape index (κ3) is 5.34. The summed E-state index contributed by atoms with van der Waals surface area (Å²) in [5.41, 5.74) is 0. The van der Waals surface area contributed by atoms with Crippen LogP contribution in [0.25, 0.3) is 0 Å². The molecule has 0 heterocycles. The van der Waals surface area contributed by atoms with E-state index in [1.54, 1.807) is 0 Å². The molecule has 0 fully saturated rings. The number of hydrogen-bond donors (Lipinski definition) is 0. The third-order valence-electron chi connectivity index (χ3n) is 0.940. The van der Waals surface area contributed by atoms with Gasteiger partial charge < -0.3 is 17.0 Å². The van der Waals surface area contributed by atoms with Crippen LogP contribution in [0.2, 0.25) is 0 Å². The molecule has 0 unspecified atom stereocenters. The average molecular weight is 171 g/mol. The monoisotopic (exact) mass is 170 g/mol. The molecule has 0 aliphatic heterocycles. The Balaban J connectivity index is 0. The van der Waals surface area contributed by atoms with E-state index in [-0.39, 0.29) is 35.8 Å². The van der Waals surface area contributed by atoms with E-state index in [0.717, 1.165) is 0 Å². The molecule has 0 saturated heterocycles. The van der Waals surface area contributed by atoms with Gasteiger partial charge >= 0.3 is 71.1 Å². The van der Waals surface area contributed by atoms with Crippen LogP contribution in [0.1, 0.15) is 0 Å². The number of rotatable bonds is 0. The number of benzene rings is 1. The number of hydrogen-bond acceptors (Lipinski definition) is 0. The zero-order valence-electron chi connectivity index (χ0n) is 5.76. The quantitative estimate of drug-likeness (QED) is 0.341. The van der Waals surface area contributed by atoms with Gasteiger partial charge in [-0.15, -0.1) is 0 Å². The first kappa shape index (κ1) is 12.6. The van der Waals surface area contributed by atoms with Crippen LogP contribution >= 0.6 is 0 Å². The summed E-state index contributed by atoms with van der Waals surface area (Å²) in [5.74, 6) is 0. The summed E-state index contributed by atoms with van der Waals surface area (Å²) in [6.45, 7) is 0. The van der Waals surface area contributed by atoms with Crippen LogP contribution in [-0.4, -0.2) is 17.7 Å². The van der Waals surface area contributed by atoms with Crippen LogP contribution in [0.3, 0.4) is 0 Å². The van der Waals surface area contributed by atoms with Crippen molar-refractivity contribution in [2.75, 3.05) is 0 Å². The normalized spacial score (nSPS) is 6.89. The first-order valence-corrected chi connectivity index (χ1v) is 2.41. The maximum atomic E-state index is 2.08. The van der Waals surface area contributed by atoms with Crippen molar-refractivity contribution in [2.45, 2.75) is 0 Å². The van der Waals surface area contributed by atoms with E-state index in [1.807, 2.05) is 18.2 Å². The summed E-state index contributed by atoms with van der Waals surface area (Å²) in [7, 11) is 0. The van der Waals surface area contributed by atoms with Gasteiger partial charge in [-0.05, 0) is 0 Å². The van der Waals surface area contributed by atoms with E-state index in [4.69, 9.17) is 0 Å². The summed E-state index contributed by atoms with van der Waals surface area (Å²) in [5, 5.41) is 0. The van der Waals surface area contributed by atoms with Crippen LogP contribution in [0.15, 0.2) is 30.3 Å². The molecule has 38 valence electrons. The van der Waals surface area contributed by atoms with E-state index in [1.165, 1.54) is 4.24 Å². The third-order valence-corrected chi connectivity index (χ3v) is 0.940. The topological polar surface area (TPSA) is 0 Å². The second kappa shape index (κ2) is 7.01. The molecule has 0 spiro atoms. The van der Waals surface area contributed by atoms with Crippen molar-refractivity contribution in [3.63, 3.8) is 0 Å². The molecule has 0 N–H and O–H groups in total. The molecular weight excluding hydrogens is 166 g/mol. The second-order valence-electron chi connectivity index (χ2n) is 1.65. The van der Waals surface area contributed by atoms with E-state index in [2.05, 4.69) is 29.8 Å². The van der Waals surface area contributed by atoms with Crippen LogP contribution in [-0.2, 0) is 0 Å². The van der Waals surface area contributed by atoms with Gasteiger partial charge in [0.15, 0.2) is 0 Å². The van der Waals surface area contributed by atoms with Crippen molar-refractivity contribution in [1.29, 1.82) is 0 Å². The molecule has 1 aromatic rings. The predicted molar refractivity (Wildman–Crippen MR) is 31.8 cm³/mol. The zero-order chi connectivity index (χ0) is 5.11. The second-order valence-corrected chi connectivity index (χ2v) is 1.65. The van der Waals surface area contributed by atoms with Crippen molar-refractivity contribution in [3.8, 4) is 0 Å². The van der Waals surface area contributed by atoms with Crippen LogP contribution in [0.4, 0.5) is 0 Å². The minimum absolute atomic E-state index is 0. The fraction of sp³-hybridized carbons (Fsp3) is 0. The fourth-order valence-electron chi connectivity index (χ4n) is 0.534. The van der Waals surface area contributed by atoms with Gasteiger partial charge in [0.05, 0.1) is 0 Å². The molecule has 1 aromatic carbocycles. The van der Waals surface area contributed by atoms with Gasteiger partial charge in [0.1, 0.15) is 0 Å². The van der Waals surface area contributed by atoms with Crippen molar-refractivity contribution in [1.82, 2.24) is 0 Å². The van der Waals surface area contributed by atoms with Crippen molar-refractivity contribution in [3.05, 3.63) is 30.3 Å². The van der Waals surface area contributed by atoms with Gasteiger partial charge in [0.25, 0.3) is 0 Å². The van der Waals surface area contributed by atoms with Crippen LogP contribution < -0.4 is 40.1 Å². The molecular formula is C6H5BrLi2. The molecule has 0 atom stereocenters. The summed E-state index contributed by atoms with van der Waals surface area (Å²) >= 11 is 2.08. The van der Waals surface area contributed by atoms with Gasteiger partial charge in [-0.25, -0.2) is 0 Å². The Labute approximate surface area is 87.6 Å². The van der Waals surface area contributed by atoms with Gasteiger partial charge in [-0.3, -0.25) is 0 Å². The molecule has 9 heavy (non-hydrogen) atoms. The van der Waals surface area contributed by atoms with Crippen molar-refractivity contribution >= 4 is 22.0 Å². The average Bonchev–Trinajstić information content (AvgIpc) is 1.69. The summed E-state index contributed by atoms with van der Waals surface area (Å²) in [4.78, 5) is 0. The van der Waals surface area contributed by atoms with Crippen LogP contribution in [0, 0.1) is 0 Å². The van der Waals surface area contributed by atoms with Gasteiger partial charge in [0.2, 0.25) is 0 Å². The van der Waals surface area contributed by atoms with Crippen molar-refractivity contribution < 1.29 is 35.8 Å². The molecule has 3 heteroatoms. The molecule has 0 bridgehead atoms. The van der Waals surface area contributed by atoms with Crippen molar-refractivity contribution in [2.24, 2.45) is 0 Å². The Kier molecular flexibility index (Phi) is 9.78. The molecule has 0 aliphatic carbocycles. The van der Waals surface area contributed by atoms with E-state index in [0.29, 0.717) is 0 Å². The SMILES string of the molecule is [Br-].[Li+].[Li][c]1ccccc1. The first-order chi connectivity index (χ1) is 3.39. The van der Waals surface area contributed by atoms with Crippen LogP contribution in [0.5, 0.6) is 0 Å². The Bertz CT molecular complexity index is 141. The maximum absolute atomic E-state index is 2.08. The van der Waals surface area contributed by atoms with Gasteiger partial charge in [-0.1, -0.05) is 0 Å². The summed E-state index contributed by atoms with van der Waals surface area (Å²) < 4.78 is 1.32. The first-order valence-electron chi connectivity index (χ1n) is 2.41. The standard InChI is InChI=1S/C6H5.BrH.2Li/c1-2-4-6-5-3-1;;;/h1-5H;1H;;/q;;;+1/p-1. The Morgan fingerprint density at radius 1 is 1.00 bits per heavy atom. The molecule has 0 aliphatic rings. The van der Waals surface area contributed by atoms with E-state index < -0.39 is 0 Å². The Morgan fingerprint density at radius 3 is 1.67 bits per heavy atom. The van der Waals surface area contributed by atoms with Gasteiger partial charge in [-0.2, -0.15) is 0 Å². The molecule has 0 amide bonds. The minimum atomic E-state index is 0. The predicted octanol–water partition coefficient (Wildman–Crippen LogP) is -5.51.